The fourth-order valence-electron chi connectivity index (χ4n) is 3.00. The maximum absolute atomic E-state index is 13.0. The highest BCUT2D eigenvalue weighted by Gasteiger charge is 2.29. The van der Waals surface area contributed by atoms with Crippen molar-refractivity contribution in [3.63, 3.8) is 0 Å². The smallest absolute Gasteiger partial charge is 0.253 e. The predicted molar refractivity (Wildman–Crippen MR) is 97.7 cm³/mol. The maximum Gasteiger partial charge on any atom is 0.253 e. The molecule has 5 nitrogen and oxygen atoms in total. The van der Waals surface area contributed by atoms with Gasteiger partial charge in [0, 0.05) is 31.7 Å². The van der Waals surface area contributed by atoms with Crippen LogP contribution in [0.3, 0.4) is 0 Å². The number of carbonyl (C=O) groups is 1. The number of aryl methyl sites for hydroxylation is 1. The second kappa shape index (κ2) is 7.55. The van der Waals surface area contributed by atoms with Crippen molar-refractivity contribution in [2.45, 2.75) is 12.7 Å². The summed E-state index contributed by atoms with van der Waals surface area (Å²) in [6, 6.07) is 12.8. The lowest BCUT2D eigenvalue weighted by atomic mass is 10.1. The lowest BCUT2D eigenvalue weighted by Crippen LogP contribution is -2.50. The molecule has 0 radical (unpaired) electrons. The van der Waals surface area contributed by atoms with Crippen LogP contribution in [0.4, 0.5) is 4.39 Å². The largest absolute Gasteiger partial charge is 0.336 e. The zero-order valence-corrected chi connectivity index (χ0v) is 15.4. The Morgan fingerprint density at radius 1 is 1.00 bits per heavy atom. The van der Waals surface area contributed by atoms with Crippen molar-refractivity contribution in [3.8, 4) is 0 Å². The number of sulfonamides is 1. The summed E-state index contributed by atoms with van der Waals surface area (Å²) < 4.78 is 39.8. The number of piperazine rings is 1. The van der Waals surface area contributed by atoms with E-state index in [9.17, 15) is 17.6 Å². The van der Waals surface area contributed by atoms with Gasteiger partial charge in [-0.2, -0.15) is 4.31 Å². The van der Waals surface area contributed by atoms with Crippen LogP contribution in [0.2, 0.25) is 0 Å². The van der Waals surface area contributed by atoms with E-state index in [0.29, 0.717) is 18.7 Å². The van der Waals surface area contributed by atoms with Crippen molar-refractivity contribution < 1.29 is 17.6 Å². The van der Waals surface area contributed by atoms with Crippen LogP contribution in [0, 0.1) is 12.7 Å². The fraction of sp³-hybridized carbons (Fsp3) is 0.316. The highest BCUT2D eigenvalue weighted by Crippen LogP contribution is 2.17. The van der Waals surface area contributed by atoms with Crippen molar-refractivity contribution >= 4 is 15.9 Å². The van der Waals surface area contributed by atoms with Crippen LogP contribution in [0.5, 0.6) is 0 Å². The molecule has 1 amide bonds. The van der Waals surface area contributed by atoms with E-state index in [2.05, 4.69) is 0 Å². The van der Waals surface area contributed by atoms with Crippen LogP contribution >= 0.6 is 0 Å². The van der Waals surface area contributed by atoms with Gasteiger partial charge in [0.1, 0.15) is 5.82 Å². The molecule has 0 aliphatic carbocycles. The van der Waals surface area contributed by atoms with Crippen molar-refractivity contribution in [2.24, 2.45) is 0 Å². The summed E-state index contributed by atoms with van der Waals surface area (Å²) in [5.41, 5.74) is 2.14. The molecule has 0 saturated carbocycles. The molecule has 0 N–H and O–H groups in total. The average molecular weight is 376 g/mol. The van der Waals surface area contributed by atoms with Crippen LogP contribution in [0.1, 0.15) is 21.5 Å². The highest BCUT2D eigenvalue weighted by molar-refractivity contribution is 7.88. The summed E-state index contributed by atoms with van der Waals surface area (Å²) in [4.78, 5) is 14.0. The van der Waals surface area contributed by atoms with Crippen LogP contribution in [0.25, 0.3) is 0 Å². The fourth-order valence-corrected chi connectivity index (χ4v) is 4.62. The molecule has 1 saturated heterocycles. The van der Waals surface area contributed by atoms with E-state index < -0.39 is 15.8 Å². The number of benzene rings is 2. The zero-order chi connectivity index (χ0) is 18.7. The minimum absolute atomic E-state index is 0.0361. The third kappa shape index (κ3) is 4.11. The molecule has 2 aromatic rings. The van der Waals surface area contributed by atoms with Gasteiger partial charge in [-0.3, -0.25) is 4.79 Å². The standard InChI is InChI=1S/C19H21FN2O3S/c1-15-4-2-3-5-17(15)14-26(24,25)22-12-10-21(11-13-22)19(23)16-6-8-18(20)9-7-16/h2-9H,10-14H2,1H3. The minimum atomic E-state index is -3.43. The van der Waals surface area contributed by atoms with Crippen LogP contribution < -0.4 is 0 Å². The second-order valence-corrected chi connectivity index (χ2v) is 8.35. The number of hydrogen-bond donors (Lipinski definition) is 0. The zero-order valence-electron chi connectivity index (χ0n) is 14.6. The van der Waals surface area contributed by atoms with Crippen molar-refractivity contribution in [1.82, 2.24) is 9.21 Å². The van der Waals surface area contributed by atoms with Crippen molar-refractivity contribution in [2.75, 3.05) is 26.2 Å². The Hall–Kier alpha value is -2.25. The Morgan fingerprint density at radius 2 is 1.62 bits per heavy atom. The molecule has 1 aliphatic rings. The molecule has 7 heteroatoms. The number of halogens is 1. The van der Waals surface area contributed by atoms with Crippen molar-refractivity contribution in [1.29, 1.82) is 0 Å². The van der Waals surface area contributed by atoms with Gasteiger partial charge in [0.25, 0.3) is 5.91 Å². The topological polar surface area (TPSA) is 57.7 Å². The van der Waals surface area contributed by atoms with Gasteiger partial charge in [0.2, 0.25) is 10.0 Å². The number of carbonyl (C=O) groups excluding carboxylic acids is 1. The van der Waals surface area contributed by atoms with E-state index in [-0.39, 0.29) is 24.7 Å². The monoisotopic (exact) mass is 376 g/mol. The molecule has 0 unspecified atom stereocenters. The molecule has 0 atom stereocenters. The number of nitrogens with zero attached hydrogens (tertiary/aromatic N) is 2. The average Bonchev–Trinajstić information content (AvgIpc) is 2.64. The molecular weight excluding hydrogens is 355 g/mol. The highest BCUT2D eigenvalue weighted by atomic mass is 32.2. The Bertz CT molecular complexity index is 889. The molecule has 3 rings (SSSR count). The minimum Gasteiger partial charge on any atom is -0.336 e. The molecule has 26 heavy (non-hydrogen) atoms. The van der Waals surface area contributed by atoms with Gasteiger partial charge in [-0.15, -0.1) is 0 Å². The van der Waals surface area contributed by atoms with Crippen molar-refractivity contribution in [3.05, 3.63) is 71.0 Å². The molecule has 138 valence electrons. The molecule has 1 aliphatic heterocycles. The summed E-state index contributed by atoms with van der Waals surface area (Å²) >= 11 is 0. The van der Waals surface area contributed by atoms with Crippen LogP contribution in [0.15, 0.2) is 48.5 Å². The van der Waals surface area contributed by atoms with Gasteiger partial charge in [0.05, 0.1) is 5.75 Å². The van der Waals surface area contributed by atoms with E-state index in [1.807, 2.05) is 31.2 Å². The first-order chi connectivity index (χ1) is 12.4. The number of rotatable bonds is 4. The van der Waals surface area contributed by atoms with E-state index >= 15 is 0 Å². The van der Waals surface area contributed by atoms with Crippen LogP contribution in [-0.4, -0.2) is 49.7 Å². The Balaban J connectivity index is 1.63. The third-order valence-corrected chi connectivity index (χ3v) is 6.44. The van der Waals surface area contributed by atoms with Gasteiger partial charge in [0.15, 0.2) is 0 Å². The van der Waals surface area contributed by atoms with Gasteiger partial charge in [-0.1, -0.05) is 24.3 Å². The normalized spacial score (nSPS) is 15.8. The Morgan fingerprint density at radius 3 is 2.23 bits per heavy atom. The lowest BCUT2D eigenvalue weighted by molar-refractivity contribution is 0.0697. The first kappa shape index (κ1) is 18.5. The number of hydrogen-bond acceptors (Lipinski definition) is 3. The predicted octanol–water partition coefficient (Wildman–Crippen LogP) is 2.42. The Labute approximate surface area is 153 Å². The summed E-state index contributed by atoms with van der Waals surface area (Å²) in [5.74, 6) is -0.638. The molecule has 0 spiro atoms. The van der Waals surface area contributed by atoms with E-state index in [1.165, 1.54) is 28.6 Å². The van der Waals surface area contributed by atoms with E-state index in [1.54, 1.807) is 4.90 Å². The SMILES string of the molecule is Cc1ccccc1CS(=O)(=O)N1CCN(C(=O)c2ccc(F)cc2)CC1. The summed E-state index contributed by atoms with van der Waals surface area (Å²) in [5, 5.41) is 0. The van der Waals surface area contributed by atoms with Gasteiger partial charge in [-0.05, 0) is 42.3 Å². The van der Waals surface area contributed by atoms with Gasteiger partial charge >= 0.3 is 0 Å². The second-order valence-electron chi connectivity index (χ2n) is 6.38. The summed E-state index contributed by atoms with van der Waals surface area (Å²) in [6.45, 7) is 3.07. The van der Waals surface area contributed by atoms with Gasteiger partial charge in [-0.25, -0.2) is 12.8 Å². The molecule has 1 fully saturated rings. The Kier molecular flexibility index (Phi) is 5.38. The van der Waals surface area contributed by atoms with E-state index in [4.69, 9.17) is 0 Å². The summed E-state index contributed by atoms with van der Waals surface area (Å²) in [6.07, 6.45) is 0. The maximum atomic E-state index is 13.0. The third-order valence-electron chi connectivity index (χ3n) is 4.61. The molecule has 2 aromatic carbocycles. The number of amides is 1. The lowest BCUT2D eigenvalue weighted by Gasteiger charge is -2.34. The summed E-state index contributed by atoms with van der Waals surface area (Å²) in [7, 11) is -3.43. The first-order valence-corrected chi connectivity index (χ1v) is 10.0. The van der Waals surface area contributed by atoms with Gasteiger partial charge < -0.3 is 4.90 Å². The molecule has 1 heterocycles. The van der Waals surface area contributed by atoms with E-state index in [0.717, 1.165) is 11.1 Å². The molecule has 0 aromatic heterocycles. The molecule has 0 bridgehead atoms. The quantitative estimate of drug-likeness (QED) is 0.823. The first-order valence-electron chi connectivity index (χ1n) is 8.44. The molecular formula is C19H21FN2O3S. The van der Waals surface area contributed by atoms with Crippen LogP contribution in [-0.2, 0) is 15.8 Å².